The molecule has 0 radical (unpaired) electrons. The Hall–Kier alpha value is -2.96. The van der Waals surface area contributed by atoms with Crippen molar-refractivity contribution in [3.63, 3.8) is 0 Å². The number of carbonyl (C=O) groups is 1. The SMILES string of the molecule is CC1CC=C(c2ccc(CCN(C)C)cc2)N(C(=O)OC(C)(C)C)C1.CC1CCC(c2ccc(CCN(C)C)cc2)=NC1. The van der Waals surface area contributed by atoms with Gasteiger partial charge in [-0.05, 0) is 115 Å². The Morgan fingerprint density at radius 3 is 1.86 bits per heavy atom. The summed E-state index contributed by atoms with van der Waals surface area (Å²) in [4.78, 5) is 23.5. The molecule has 2 heterocycles. The van der Waals surface area contributed by atoms with Gasteiger partial charge in [0.25, 0.3) is 0 Å². The molecule has 0 bridgehead atoms. The second-order valence-electron chi connectivity index (χ2n) is 14.0. The largest absolute Gasteiger partial charge is 0.443 e. The number of hydrogen-bond donors (Lipinski definition) is 0. The van der Waals surface area contributed by atoms with E-state index < -0.39 is 5.60 Å². The summed E-state index contributed by atoms with van der Waals surface area (Å²) < 4.78 is 5.61. The summed E-state index contributed by atoms with van der Waals surface area (Å²) in [5, 5.41) is 0. The number of hydrogen-bond acceptors (Lipinski definition) is 5. The van der Waals surface area contributed by atoms with Gasteiger partial charge in [0.1, 0.15) is 5.60 Å². The molecule has 0 N–H and O–H groups in total. The normalized spacial score (nSPS) is 19.0. The van der Waals surface area contributed by atoms with Crippen LogP contribution >= 0.6 is 0 Å². The minimum absolute atomic E-state index is 0.262. The Morgan fingerprint density at radius 2 is 1.40 bits per heavy atom. The van der Waals surface area contributed by atoms with Gasteiger partial charge >= 0.3 is 6.09 Å². The standard InChI is InChI=1S/C21H32N2O2.C16H24N2/c1-16-7-12-19(23(15-16)20(24)25-21(2,3)4)18-10-8-17(9-11-18)13-14-22(5)6;1-13-4-9-16(17-12-13)15-7-5-14(6-8-15)10-11-18(2)3/h8-12,16H,7,13-15H2,1-6H3;5-8,13H,4,9-12H2,1-3H3. The van der Waals surface area contributed by atoms with Crippen LogP contribution in [0.15, 0.2) is 59.6 Å². The van der Waals surface area contributed by atoms with Crippen LogP contribution in [0.4, 0.5) is 4.79 Å². The summed E-state index contributed by atoms with van der Waals surface area (Å²) in [6.45, 7) is 14.0. The molecule has 0 saturated heterocycles. The molecule has 2 aliphatic rings. The zero-order valence-electron chi connectivity index (χ0n) is 28.3. The molecule has 43 heavy (non-hydrogen) atoms. The molecule has 236 valence electrons. The molecular weight excluding hydrogens is 532 g/mol. The Labute approximate surface area is 261 Å². The number of ether oxygens (including phenoxy) is 1. The summed E-state index contributed by atoms with van der Waals surface area (Å²) in [7, 11) is 8.40. The summed E-state index contributed by atoms with van der Waals surface area (Å²) in [5.41, 5.74) is 6.89. The van der Waals surface area contributed by atoms with E-state index in [1.165, 1.54) is 28.8 Å². The fourth-order valence-electron chi connectivity index (χ4n) is 5.14. The number of aliphatic imine (C=N–C) groups is 1. The third-order valence-corrected chi connectivity index (χ3v) is 7.81. The van der Waals surface area contributed by atoms with Gasteiger partial charge in [-0.2, -0.15) is 0 Å². The highest BCUT2D eigenvalue weighted by molar-refractivity contribution is 6.00. The van der Waals surface area contributed by atoms with Crippen molar-refractivity contribution in [1.29, 1.82) is 0 Å². The lowest BCUT2D eigenvalue weighted by atomic mass is 9.95. The molecule has 0 fully saturated rings. The topological polar surface area (TPSA) is 48.4 Å². The number of rotatable bonds is 8. The van der Waals surface area contributed by atoms with E-state index in [2.05, 4.69) is 106 Å². The van der Waals surface area contributed by atoms with Crippen LogP contribution in [0.3, 0.4) is 0 Å². The summed E-state index contributed by atoms with van der Waals surface area (Å²) in [6, 6.07) is 17.5. The van der Waals surface area contributed by atoms with Crippen molar-refractivity contribution < 1.29 is 9.53 Å². The van der Waals surface area contributed by atoms with Crippen molar-refractivity contribution in [1.82, 2.24) is 14.7 Å². The van der Waals surface area contributed by atoms with Crippen molar-refractivity contribution >= 4 is 17.5 Å². The quantitative estimate of drug-likeness (QED) is 0.322. The number of allylic oxidation sites excluding steroid dienone is 1. The maximum atomic E-state index is 12.6. The molecule has 2 aromatic carbocycles. The zero-order chi connectivity index (χ0) is 31.6. The van der Waals surface area contributed by atoms with Gasteiger partial charge < -0.3 is 14.5 Å². The van der Waals surface area contributed by atoms with Gasteiger partial charge in [-0.25, -0.2) is 4.79 Å². The van der Waals surface area contributed by atoms with Crippen LogP contribution in [-0.4, -0.2) is 86.5 Å². The van der Waals surface area contributed by atoms with Crippen LogP contribution in [0, 0.1) is 11.8 Å². The van der Waals surface area contributed by atoms with Crippen LogP contribution in [0.5, 0.6) is 0 Å². The molecule has 0 saturated carbocycles. The number of amides is 1. The van der Waals surface area contributed by atoms with E-state index in [0.29, 0.717) is 12.5 Å². The predicted octanol–water partition coefficient (Wildman–Crippen LogP) is 7.42. The number of likely N-dealkylation sites (N-methyl/N-ethyl adjacent to an activating group) is 2. The lowest BCUT2D eigenvalue weighted by molar-refractivity contribution is 0.0327. The third-order valence-electron chi connectivity index (χ3n) is 7.81. The second-order valence-corrected chi connectivity index (χ2v) is 14.0. The molecule has 0 aromatic heterocycles. The number of benzene rings is 2. The maximum absolute atomic E-state index is 12.6. The van der Waals surface area contributed by atoms with Crippen molar-refractivity contribution in [2.45, 2.75) is 72.3 Å². The van der Waals surface area contributed by atoms with E-state index in [4.69, 9.17) is 9.73 Å². The van der Waals surface area contributed by atoms with Gasteiger partial charge in [0.05, 0.1) is 5.70 Å². The molecule has 6 nitrogen and oxygen atoms in total. The van der Waals surface area contributed by atoms with Crippen molar-refractivity contribution in [3.05, 3.63) is 76.9 Å². The smallest absolute Gasteiger partial charge is 0.414 e. The van der Waals surface area contributed by atoms with Gasteiger partial charge in [0.2, 0.25) is 0 Å². The van der Waals surface area contributed by atoms with E-state index in [1.54, 1.807) is 4.90 Å². The molecule has 6 heteroatoms. The van der Waals surface area contributed by atoms with Crippen LogP contribution < -0.4 is 0 Å². The highest BCUT2D eigenvalue weighted by Crippen LogP contribution is 2.29. The van der Waals surface area contributed by atoms with E-state index >= 15 is 0 Å². The fraction of sp³-hybridized carbons (Fsp3) is 0.568. The first kappa shape index (κ1) is 34.5. The fourth-order valence-corrected chi connectivity index (χ4v) is 5.14. The van der Waals surface area contributed by atoms with Gasteiger partial charge in [-0.1, -0.05) is 68.5 Å². The third kappa shape index (κ3) is 11.9. The molecule has 2 aliphatic heterocycles. The van der Waals surface area contributed by atoms with Crippen LogP contribution in [-0.2, 0) is 17.6 Å². The monoisotopic (exact) mass is 588 g/mol. The summed E-state index contributed by atoms with van der Waals surface area (Å²) >= 11 is 0. The zero-order valence-corrected chi connectivity index (χ0v) is 28.3. The highest BCUT2D eigenvalue weighted by atomic mass is 16.6. The molecule has 2 atom stereocenters. The predicted molar refractivity (Wildman–Crippen MR) is 182 cm³/mol. The van der Waals surface area contributed by atoms with Gasteiger partial charge in [-0.3, -0.25) is 9.89 Å². The molecular formula is C37H56N4O2. The van der Waals surface area contributed by atoms with Crippen LogP contribution in [0.25, 0.3) is 5.70 Å². The maximum Gasteiger partial charge on any atom is 0.414 e. The Bertz CT molecular complexity index is 1210. The number of nitrogens with zero attached hydrogens (tertiary/aromatic N) is 4. The van der Waals surface area contributed by atoms with E-state index in [1.807, 2.05) is 20.8 Å². The average molecular weight is 589 g/mol. The van der Waals surface area contributed by atoms with Gasteiger partial charge in [-0.15, -0.1) is 0 Å². The molecule has 2 aromatic rings. The van der Waals surface area contributed by atoms with Gasteiger partial charge in [0.15, 0.2) is 0 Å². The first-order chi connectivity index (χ1) is 20.3. The molecule has 0 spiro atoms. The molecule has 1 amide bonds. The van der Waals surface area contributed by atoms with Crippen LogP contribution in [0.1, 0.15) is 76.1 Å². The minimum Gasteiger partial charge on any atom is -0.443 e. The lowest BCUT2D eigenvalue weighted by Crippen LogP contribution is -2.39. The second kappa shape index (κ2) is 16.2. The lowest BCUT2D eigenvalue weighted by Gasteiger charge is -2.34. The average Bonchev–Trinajstić information content (AvgIpc) is 2.95. The van der Waals surface area contributed by atoms with Gasteiger partial charge in [0, 0.05) is 31.9 Å². The van der Waals surface area contributed by atoms with E-state index in [0.717, 1.165) is 62.5 Å². The first-order valence-corrected chi connectivity index (χ1v) is 16.0. The van der Waals surface area contributed by atoms with Crippen molar-refractivity contribution in [2.24, 2.45) is 16.8 Å². The Balaban J connectivity index is 0.000000248. The number of carbonyl (C=O) groups excluding carboxylic acids is 1. The Kier molecular flexibility index (Phi) is 13.0. The molecule has 4 rings (SSSR count). The first-order valence-electron chi connectivity index (χ1n) is 16.0. The molecule has 2 unspecified atom stereocenters. The summed E-state index contributed by atoms with van der Waals surface area (Å²) in [6.07, 6.45) is 7.45. The van der Waals surface area contributed by atoms with E-state index in [-0.39, 0.29) is 6.09 Å². The summed E-state index contributed by atoms with van der Waals surface area (Å²) in [5.74, 6) is 1.20. The van der Waals surface area contributed by atoms with E-state index in [9.17, 15) is 4.79 Å². The van der Waals surface area contributed by atoms with Crippen molar-refractivity contribution in [3.8, 4) is 0 Å². The Morgan fingerprint density at radius 1 is 0.860 bits per heavy atom. The van der Waals surface area contributed by atoms with Crippen molar-refractivity contribution in [2.75, 3.05) is 54.4 Å². The minimum atomic E-state index is -0.487. The molecule has 0 aliphatic carbocycles. The highest BCUT2D eigenvalue weighted by Gasteiger charge is 2.29. The van der Waals surface area contributed by atoms with Crippen LogP contribution in [0.2, 0.25) is 0 Å².